The molecule has 1 saturated heterocycles. The Kier molecular flexibility index (Phi) is 3.72. The third kappa shape index (κ3) is 2.30. The topological polar surface area (TPSA) is 32.3 Å². The summed E-state index contributed by atoms with van der Waals surface area (Å²) in [5.74, 6) is 0.604. The van der Waals surface area contributed by atoms with Gasteiger partial charge in [-0.3, -0.25) is 4.79 Å². The molecular formula is C23H26N2O. The van der Waals surface area contributed by atoms with Gasteiger partial charge in [-0.05, 0) is 34.8 Å². The number of amides is 1. The van der Waals surface area contributed by atoms with Crippen molar-refractivity contribution in [3.05, 3.63) is 71.3 Å². The number of nitrogens with zero attached hydrogens (tertiary/aromatic N) is 1. The SMILES string of the molecule is CC(C)c1ccc(/C=C/C23NC(=O)CN2c2ccccc2C3(C)C)cc1. The molecule has 0 saturated carbocycles. The minimum Gasteiger partial charge on any atom is -0.335 e. The Bertz CT molecular complexity index is 879. The highest BCUT2D eigenvalue weighted by Crippen LogP contribution is 2.52. The van der Waals surface area contributed by atoms with E-state index in [1.54, 1.807) is 0 Å². The van der Waals surface area contributed by atoms with Crippen LogP contribution in [-0.4, -0.2) is 18.1 Å². The molecule has 1 N–H and O–H groups in total. The predicted molar refractivity (Wildman–Crippen MR) is 107 cm³/mol. The highest BCUT2D eigenvalue weighted by molar-refractivity contribution is 5.91. The van der Waals surface area contributed by atoms with Crippen LogP contribution >= 0.6 is 0 Å². The van der Waals surface area contributed by atoms with Crippen LogP contribution < -0.4 is 10.2 Å². The van der Waals surface area contributed by atoms with E-state index >= 15 is 0 Å². The second kappa shape index (κ2) is 5.73. The van der Waals surface area contributed by atoms with Gasteiger partial charge in [0.2, 0.25) is 5.91 Å². The minimum absolute atomic E-state index is 0.0763. The molecule has 2 heterocycles. The molecule has 26 heavy (non-hydrogen) atoms. The Balaban J connectivity index is 1.75. The average Bonchev–Trinajstić information content (AvgIpc) is 3.05. The number of para-hydroxylation sites is 1. The molecule has 4 rings (SSSR count). The van der Waals surface area contributed by atoms with Crippen molar-refractivity contribution in [2.75, 3.05) is 11.4 Å². The summed E-state index contributed by atoms with van der Waals surface area (Å²) < 4.78 is 0. The van der Waals surface area contributed by atoms with Crippen LogP contribution in [0.2, 0.25) is 0 Å². The third-order valence-electron chi connectivity index (χ3n) is 6.00. The summed E-state index contributed by atoms with van der Waals surface area (Å²) in [4.78, 5) is 14.5. The highest BCUT2D eigenvalue weighted by Gasteiger charge is 2.59. The number of fused-ring (bicyclic) bond motifs is 3. The monoisotopic (exact) mass is 346 g/mol. The summed E-state index contributed by atoms with van der Waals surface area (Å²) in [5, 5.41) is 3.27. The lowest BCUT2D eigenvalue weighted by Gasteiger charge is -2.40. The Morgan fingerprint density at radius 2 is 1.77 bits per heavy atom. The van der Waals surface area contributed by atoms with Gasteiger partial charge in [-0.2, -0.15) is 0 Å². The van der Waals surface area contributed by atoms with Crippen molar-refractivity contribution >= 4 is 17.7 Å². The van der Waals surface area contributed by atoms with Crippen molar-refractivity contribution in [3.8, 4) is 0 Å². The molecule has 0 aliphatic carbocycles. The lowest BCUT2D eigenvalue weighted by Crippen LogP contribution is -2.58. The summed E-state index contributed by atoms with van der Waals surface area (Å²) in [5.41, 5.74) is 4.17. The van der Waals surface area contributed by atoms with Crippen LogP contribution in [0.4, 0.5) is 5.69 Å². The summed E-state index contributed by atoms with van der Waals surface area (Å²) in [6, 6.07) is 17.1. The van der Waals surface area contributed by atoms with Crippen molar-refractivity contribution in [3.63, 3.8) is 0 Å². The molecule has 0 aromatic heterocycles. The lowest BCUT2D eigenvalue weighted by molar-refractivity contribution is -0.118. The van der Waals surface area contributed by atoms with E-state index in [1.165, 1.54) is 11.1 Å². The summed E-state index contributed by atoms with van der Waals surface area (Å²) in [7, 11) is 0. The molecule has 1 amide bonds. The lowest BCUT2D eigenvalue weighted by atomic mass is 9.75. The highest BCUT2D eigenvalue weighted by atomic mass is 16.2. The van der Waals surface area contributed by atoms with E-state index in [0.29, 0.717) is 12.5 Å². The van der Waals surface area contributed by atoms with Crippen molar-refractivity contribution in [1.82, 2.24) is 5.32 Å². The summed E-state index contributed by atoms with van der Waals surface area (Å²) in [6.45, 7) is 9.23. The van der Waals surface area contributed by atoms with E-state index < -0.39 is 5.66 Å². The number of benzene rings is 2. The van der Waals surface area contributed by atoms with E-state index in [4.69, 9.17) is 0 Å². The minimum atomic E-state index is -0.523. The first-order valence-corrected chi connectivity index (χ1v) is 9.32. The van der Waals surface area contributed by atoms with Crippen LogP contribution in [0.25, 0.3) is 6.08 Å². The van der Waals surface area contributed by atoms with Gasteiger partial charge in [0.05, 0.1) is 6.54 Å². The maximum absolute atomic E-state index is 12.3. The van der Waals surface area contributed by atoms with Gasteiger partial charge in [-0.25, -0.2) is 0 Å². The molecule has 134 valence electrons. The van der Waals surface area contributed by atoms with Crippen LogP contribution in [0, 0.1) is 0 Å². The Hall–Kier alpha value is -2.55. The maximum atomic E-state index is 12.3. The van der Waals surface area contributed by atoms with Crippen LogP contribution in [0.3, 0.4) is 0 Å². The smallest absolute Gasteiger partial charge is 0.241 e. The molecule has 2 aromatic carbocycles. The van der Waals surface area contributed by atoms with Crippen molar-refractivity contribution < 1.29 is 4.79 Å². The molecular weight excluding hydrogens is 320 g/mol. The number of hydrogen-bond donors (Lipinski definition) is 1. The molecule has 0 bridgehead atoms. The van der Waals surface area contributed by atoms with E-state index in [-0.39, 0.29) is 11.3 Å². The standard InChI is InChI=1S/C23H26N2O/c1-16(2)18-11-9-17(10-12-18)13-14-23-22(3,4)19-7-5-6-8-20(19)25(23)15-21(26)24-23/h5-14,16H,15H2,1-4H3,(H,24,26)/b14-13+. The zero-order valence-electron chi connectivity index (χ0n) is 15.9. The largest absolute Gasteiger partial charge is 0.335 e. The third-order valence-corrected chi connectivity index (χ3v) is 6.00. The van der Waals surface area contributed by atoms with Gasteiger partial charge in [0.25, 0.3) is 0 Å². The summed E-state index contributed by atoms with van der Waals surface area (Å²) in [6.07, 6.45) is 4.30. The molecule has 2 aliphatic rings. The van der Waals surface area contributed by atoms with Gasteiger partial charge in [-0.15, -0.1) is 0 Å². The maximum Gasteiger partial charge on any atom is 0.241 e. The van der Waals surface area contributed by atoms with Crippen LogP contribution in [-0.2, 0) is 10.2 Å². The molecule has 1 fully saturated rings. The second-order valence-corrected chi connectivity index (χ2v) is 8.20. The van der Waals surface area contributed by atoms with Gasteiger partial charge in [0, 0.05) is 11.1 Å². The average molecular weight is 346 g/mol. The van der Waals surface area contributed by atoms with Crippen molar-refractivity contribution in [2.45, 2.75) is 44.7 Å². The Morgan fingerprint density at radius 1 is 1.08 bits per heavy atom. The number of carbonyl (C=O) groups excluding carboxylic acids is 1. The van der Waals surface area contributed by atoms with Gasteiger partial charge >= 0.3 is 0 Å². The molecule has 0 radical (unpaired) electrons. The quantitative estimate of drug-likeness (QED) is 0.891. The molecule has 3 heteroatoms. The Labute approximate surface area is 155 Å². The first kappa shape index (κ1) is 16.9. The molecule has 0 spiro atoms. The van der Waals surface area contributed by atoms with Crippen LogP contribution in [0.1, 0.15) is 50.3 Å². The molecule has 3 nitrogen and oxygen atoms in total. The zero-order chi connectivity index (χ0) is 18.5. The van der Waals surface area contributed by atoms with Gasteiger partial charge in [0.1, 0.15) is 5.66 Å². The number of carbonyl (C=O) groups is 1. The van der Waals surface area contributed by atoms with Crippen molar-refractivity contribution in [2.24, 2.45) is 0 Å². The normalized spacial score (nSPS) is 23.4. The van der Waals surface area contributed by atoms with E-state index in [1.807, 2.05) is 6.07 Å². The van der Waals surface area contributed by atoms with Gasteiger partial charge in [-0.1, -0.05) is 76.2 Å². The number of hydrogen-bond acceptors (Lipinski definition) is 2. The van der Waals surface area contributed by atoms with Crippen molar-refractivity contribution in [1.29, 1.82) is 0 Å². The first-order chi connectivity index (χ1) is 12.3. The van der Waals surface area contributed by atoms with E-state index in [0.717, 1.165) is 11.3 Å². The van der Waals surface area contributed by atoms with Gasteiger partial charge < -0.3 is 10.2 Å². The molecule has 2 aromatic rings. The van der Waals surface area contributed by atoms with E-state index in [9.17, 15) is 4.79 Å². The molecule has 1 unspecified atom stereocenters. The summed E-state index contributed by atoms with van der Waals surface area (Å²) >= 11 is 0. The fraction of sp³-hybridized carbons (Fsp3) is 0.348. The van der Waals surface area contributed by atoms with Crippen LogP contribution in [0.15, 0.2) is 54.6 Å². The second-order valence-electron chi connectivity index (χ2n) is 8.20. The van der Waals surface area contributed by atoms with E-state index in [2.05, 4.69) is 92.5 Å². The predicted octanol–water partition coefficient (Wildman–Crippen LogP) is 4.45. The number of nitrogens with one attached hydrogen (secondary N) is 1. The molecule has 1 atom stereocenters. The fourth-order valence-corrected chi connectivity index (χ4v) is 4.35. The zero-order valence-corrected chi connectivity index (χ0v) is 15.9. The number of rotatable bonds is 3. The first-order valence-electron chi connectivity index (χ1n) is 9.32. The Morgan fingerprint density at radius 3 is 2.46 bits per heavy atom. The fourth-order valence-electron chi connectivity index (χ4n) is 4.35. The van der Waals surface area contributed by atoms with Crippen LogP contribution in [0.5, 0.6) is 0 Å². The number of anilines is 1. The van der Waals surface area contributed by atoms with Gasteiger partial charge in [0.15, 0.2) is 0 Å². The molecule has 2 aliphatic heterocycles.